The van der Waals surface area contributed by atoms with Gasteiger partial charge in [0.05, 0.1) is 17.6 Å². The van der Waals surface area contributed by atoms with Crippen molar-refractivity contribution in [2.24, 2.45) is 13.0 Å². The summed E-state index contributed by atoms with van der Waals surface area (Å²) >= 11 is 0. The Morgan fingerprint density at radius 2 is 1.91 bits per heavy atom. The number of piperazine rings is 1. The molecule has 1 aromatic carbocycles. The lowest BCUT2D eigenvalue weighted by Crippen LogP contribution is -2.73. The number of piperidine rings is 1. The van der Waals surface area contributed by atoms with E-state index >= 15 is 0 Å². The van der Waals surface area contributed by atoms with Crippen LogP contribution >= 0.6 is 0 Å². The normalized spacial score (nSPS) is 21.7. The van der Waals surface area contributed by atoms with Crippen LogP contribution in [-0.4, -0.2) is 62.4 Å². The molecule has 7 heteroatoms. The summed E-state index contributed by atoms with van der Waals surface area (Å²) in [5.74, 6) is 1.55. The maximum absolute atomic E-state index is 13.4. The van der Waals surface area contributed by atoms with Crippen molar-refractivity contribution >= 4 is 22.8 Å². The molecule has 7 nitrogen and oxygen atoms in total. The lowest BCUT2D eigenvalue weighted by molar-refractivity contribution is -0.161. The fourth-order valence-electron chi connectivity index (χ4n) is 5.26. The molecule has 2 aliphatic rings. The molecule has 32 heavy (non-hydrogen) atoms. The average Bonchev–Trinajstić information content (AvgIpc) is 3.08. The number of nitrogens with one attached hydrogen (secondary N) is 1. The van der Waals surface area contributed by atoms with Gasteiger partial charge in [-0.3, -0.25) is 14.5 Å². The summed E-state index contributed by atoms with van der Waals surface area (Å²) in [6, 6.07) is 7.80. The summed E-state index contributed by atoms with van der Waals surface area (Å²) < 4.78 is 2.15. The maximum Gasteiger partial charge on any atom is 0.246 e. The first kappa shape index (κ1) is 22.8. The van der Waals surface area contributed by atoms with Crippen LogP contribution in [0.1, 0.15) is 58.7 Å². The van der Waals surface area contributed by atoms with Crippen LogP contribution in [0, 0.1) is 5.92 Å². The van der Waals surface area contributed by atoms with Crippen molar-refractivity contribution in [3.63, 3.8) is 0 Å². The van der Waals surface area contributed by atoms with E-state index in [1.165, 1.54) is 0 Å². The number of benzene rings is 1. The van der Waals surface area contributed by atoms with E-state index in [1.54, 1.807) is 0 Å². The lowest BCUT2D eigenvalue weighted by Gasteiger charge is -2.52. The van der Waals surface area contributed by atoms with Crippen LogP contribution in [-0.2, 0) is 23.2 Å². The number of para-hydroxylation sites is 2. The standard InChI is InChI=1S/C25H37N5O2/c1-5-6-13-30-23(31)20(16-18(2)3)27-24(32)25(30)11-14-29(15-12-25)17-22-26-19-9-7-8-10-21(19)28(22)4/h7-10,18,20H,5-6,11-17H2,1-4H3,(H,27,32). The zero-order valence-corrected chi connectivity index (χ0v) is 19.9. The number of amides is 2. The molecule has 174 valence electrons. The minimum Gasteiger partial charge on any atom is -0.342 e. The van der Waals surface area contributed by atoms with E-state index in [9.17, 15) is 9.59 Å². The van der Waals surface area contributed by atoms with Gasteiger partial charge in [-0.05, 0) is 43.7 Å². The largest absolute Gasteiger partial charge is 0.342 e. The van der Waals surface area contributed by atoms with Gasteiger partial charge in [0.1, 0.15) is 17.4 Å². The highest BCUT2D eigenvalue weighted by Crippen LogP contribution is 2.34. The molecule has 1 spiro atoms. The quantitative estimate of drug-likeness (QED) is 0.720. The second-order valence-corrected chi connectivity index (χ2v) is 9.88. The molecule has 1 aromatic heterocycles. The number of fused-ring (bicyclic) bond motifs is 1. The minimum atomic E-state index is -0.706. The third-order valence-electron chi connectivity index (χ3n) is 7.18. The molecule has 4 rings (SSSR count). The van der Waals surface area contributed by atoms with Crippen molar-refractivity contribution < 1.29 is 9.59 Å². The Hall–Kier alpha value is -2.41. The number of imidazole rings is 1. The smallest absolute Gasteiger partial charge is 0.246 e. The Balaban J connectivity index is 1.49. The second-order valence-electron chi connectivity index (χ2n) is 9.88. The summed E-state index contributed by atoms with van der Waals surface area (Å²) in [5.41, 5.74) is 1.44. The van der Waals surface area contributed by atoms with E-state index in [0.29, 0.717) is 31.7 Å². The van der Waals surface area contributed by atoms with Gasteiger partial charge in [-0.2, -0.15) is 0 Å². The number of likely N-dealkylation sites (tertiary alicyclic amines) is 1. The molecule has 3 heterocycles. The van der Waals surface area contributed by atoms with Crippen LogP contribution in [0.15, 0.2) is 24.3 Å². The molecule has 2 aliphatic heterocycles. The van der Waals surface area contributed by atoms with Crippen LogP contribution in [0.25, 0.3) is 11.0 Å². The highest BCUT2D eigenvalue weighted by atomic mass is 16.2. The first-order chi connectivity index (χ1) is 15.4. The highest BCUT2D eigenvalue weighted by Gasteiger charge is 2.53. The van der Waals surface area contributed by atoms with Crippen LogP contribution in [0.2, 0.25) is 0 Å². The predicted octanol–water partition coefficient (Wildman–Crippen LogP) is 3.08. The fraction of sp³-hybridized carbons (Fsp3) is 0.640. The minimum absolute atomic E-state index is 0.0428. The van der Waals surface area contributed by atoms with E-state index in [4.69, 9.17) is 4.98 Å². The van der Waals surface area contributed by atoms with Crippen LogP contribution in [0.5, 0.6) is 0 Å². The Labute approximate surface area is 191 Å². The number of unbranched alkanes of at least 4 members (excludes halogenated alkanes) is 1. The fourth-order valence-corrected chi connectivity index (χ4v) is 5.26. The van der Waals surface area contributed by atoms with Gasteiger partial charge in [0, 0.05) is 26.7 Å². The summed E-state index contributed by atoms with van der Waals surface area (Å²) in [6.45, 7) is 9.30. The number of carbonyl (C=O) groups excluding carboxylic acids is 2. The van der Waals surface area contributed by atoms with Gasteiger partial charge in [-0.25, -0.2) is 4.98 Å². The summed E-state index contributed by atoms with van der Waals surface area (Å²) in [5, 5.41) is 3.09. The second kappa shape index (κ2) is 9.22. The third kappa shape index (κ3) is 4.15. The third-order valence-corrected chi connectivity index (χ3v) is 7.18. The Morgan fingerprint density at radius 3 is 2.56 bits per heavy atom. The number of rotatable bonds is 7. The van der Waals surface area contributed by atoms with Crippen LogP contribution < -0.4 is 5.32 Å². The van der Waals surface area contributed by atoms with E-state index in [0.717, 1.165) is 49.3 Å². The van der Waals surface area contributed by atoms with E-state index in [1.807, 2.05) is 23.1 Å². The molecule has 1 unspecified atom stereocenters. The molecule has 0 bridgehead atoms. The van der Waals surface area contributed by atoms with Crippen molar-refractivity contribution in [1.82, 2.24) is 24.7 Å². The zero-order valence-electron chi connectivity index (χ0n) is 19.9. The molecule has 0 aliphatic carbocycles. The first-order valence-corrected chi connectivity index (χ1v) is 12.1. The van der Waals surface area contributed by atoms with Gasteiger partial charge >= 0.3 is 0 Å². The van der Waals surface area contributed by atoms with Crippen LogP contribution in [0.3, 0.4) is 0 Å². The van der Waals surface area contributed by atoms with Gasteiger partial charge in [0.2, 0.25) is 11.8 Å². The molecule has 2 fully saturated rings. The van der Waals surface area contributed by atoms with Gasteiger partial charge in [0.25, 0.3) is 0 Å². The number of hydrogen-bond acceptors (Lipinski definition) is 4. The molecular formula is C25H37N5O2. The van der Waals surface area contributed by atoms with E-state index in [-0.39, 0.29) is 17.9 Å². The van der Waals surface area contributed by atoms with Crippen molar-refractivity contribution in [3.05, 3.63) is 30.1 Å². The first-order valence-electron chi connectivity index (χ1n) is 12.1. The SMILES string of the molecule is CCCCN1C(=O)C(CC(C)C)NC(=O)C12CCN(Cc1nc3ccccc3n1C)CC2. The molecule has 2 saturated heterocycles. The lowest BCUT2D eigenvalue weighted by atomic mass is 9.80. The van der Waals surface area contributed by atoms with E-state index < -0.39 is 5.54 Å². The van der Waals surface area contributed by atoms with Gasteiger partial charge in [-0.15, -0.1) is 0 Å². The number of hydrogen-bond donors (Lipinski definition) is 1. The molecule has 1 N–H and O–H groups in total. The highest BCUT2D eigenvalue weighted by molar-refractivity contribution is 6.00. The topological polar surface area (TPSA) is 70.5 Å². The Morgan fingerprint density at radius 1 is 1.19 bits per heavy atom. The molecule has 0 saturated carbocycles. The van der Waals surface area contributed by atoms with Crippen molar-refractivity contribution in [1.29, 1.82) is 0 Å². The monoisotopic (exact) mass is 439 g/mol. The average molecular weight is 440 g/mol. The molecule has 0 radical (unpaired) electrons. The zero-order chi connectivity index (χ0) is 22.9. The van der Waals surface area contributed by atoms with E-state index in [2.05, 4.69) is 48.7 Å². The molecule has 1 atom stereocenters. The van der Waals surface area contributed by atoms with Crippen molar-refractivity contribution in [2.45, 2.75) is 71.0 Å². The van der Waals surface area contributed by atoms with Gasteiger partial charge in [-0.1, -0.05) is 39.3 Å². The Kier molecular flexibility index (Phi) is 6.56. The van der Waals surface area contributed by atoms with Crippen molar-refractivity contribution in [2.75, 3.05) is 19.6 Å². The maximum atomic E-state index is 13.4. The molecular weight excluding hydrogens is 402 g/mol. The summed E-state index contributed by atoms with van der Waals surface area (Å²) in [7, 11) is 2.06. The number of aromatic nitrogens is 2. The molecule has 2 aromatic rings. The van der Waals surface area contributed by atoms with Gasteiger partial charge in [0.15, 0.2) is 0 Å². The summed E-state index contributed by atoms with van der Waals surface area (Å²) in [4.78, 5) is 35.9. The number of aryl methyl sites for hydroxylation is 1. The van der Waals surface area contributed by atoms with Crippen LogP contribution in [0.4, 0.5) is 0 Å². The van der Waals surface area contributed by atoms with Gasteiger partial charge < -0.3 is 14.8 Å². The number of carbonyl (C=O) groups is 2. The molecule has 2 amide bonds. The predicted molar refractivity (Wildman–Crippen MR) is 126 cm³/mol. The summed E-state index contributed by atoms with van der Waals surface area (Å²) in [6.07, 6.45) is 3.98. The number of nitrogens with zero attached hydrogens (tertiary/aromatic N) is 4. The Bertz CT molecular complexity index is 974. The van der Waals surface area contributed by atoms with Crippen molar-refractivity contribution in [3.8, 4) is 0 Å².